The van der Waals surface area contributed by atoms with E-state index >= 15 is 0 Å². The normalized spacial score (nSPS) is 10.6. The molecule has 1 N–H and O–H groups in total. The maximum Gasteiger partial charge on any atom is 0.357 e. The van der Waals surface area contributed by atoms with Crippen molar-refractivity contribution in [2.75, 3.05) is 11.9 Å². The van der Waals surface area contributed by atoms with Gasteiger partial charge in [-0.05, 0) is 30.7 Å². The Morgan fingerprint density at radius 1 is 1.45 bits per heavy atom. The number of rotatable bonds is 5. The third-order valence-electron chi connectivity index (χ3n) is 2.49. The molecule has 0 bridgehead atoms. The van der Waals surface area contributed by atoms with E-state index in [1.165, 1.54) is 29.7 Å². The van der Waals surface area contributed by atoms with E-state index in [0.717, 1.165) is 11.3 Å². The number of ether oxygens (including phenoxy) is 1. The highest BCUT2D eigenvalue weighted by Crippen LogP contribution is 2.16. The number of nitrogens with zero attached hydrogens (tertiary/aromatic N) is 1. The van der Waals surface area contributed by atoms with Crippen molar-refractivity contribution in [1.29, 1.82) is 0 Å². The van der Waals surface area contributed by atoms with Crippen LogP contribution < -0.4 is 5.32 Å². The maximum absolute atomic E-state index is 13.0. The van der Waals surface area contributed by atoms with Crippen molar-refractivity contribution in [2.24, 2.45) is 0 Å². The zero-order valence-electron chi connectivity index (χ0n) is 11.7. The molecule has 0 saturated carbocycles. The van der Waals surface area contributed by atoms with Crippen molar-refractivity contribution in [3.05, 3.63) is 52.8 Å². The summed E-state index contributed by atoms with van der Waals surface area (Å²) in [6.07, 6.45) is 2.75. The topological polar surface area (TPSA) is 68.3 Å². The summed E-state index contributed by atoms with van der Waals surface area (Å²) in [6, 6.07) is 5.87. The molecule has 0 aliphatic carbocycles. The zero-order chi connectivity index (χ0) is 15.9. The number of hydrogen-bond acceptors (Lipinski definition) is 5. The van der Waals surface area contributed by atoms with Crippen LogP contribution in [0.15, 0.2) is 35.7 Å². The van der Waals surface area contributed by atoms with Gasteiger partial charge in [-0.3, -0.25) is 10.1 Å². The lowest BCUT2D eigenvalue weighted by Crippen LogP contribution is -2.09. The van der Waals surface area contributed by atoms with E-state index < -0.39 is 11.9 Å². The van der Waals surface area contributed by atoms with Crippen LogP contribution in [0.2, 0.25) is 0 Å². The van der Waals surface area contributed by atoms with Gasteiger partial charge in [0.05, 0.1) is 6.61 Å². The Kier molecular flexibility index (Phi) is 5.37. The molecule has 0 spiro atoms. The number of anilines is 1. The summed E-state index contributed by atoms with van der Waals surface area (Å²) in [5, 5.41) is 4.32. The van der Waals surface area contributed by atoms with Gasteiger partial charge in [0, 0.05) is 11.5 Å². The highest BCUT2D eigenvalue weighted by molar-refractivity contribution is 7.14. The number of thiazole rings is 1. The average Bonchev–Trinajstić information content (AvgIpc) is 2.94. The van der Waals surface area contributed by atoms with Crippen LogP contribution >= 0.6 is 11.3 Å². The molecular formula is C15H13FN2O3S. The Morgan fingerprint density at radius 2 is 2.27 bits per heavy atom. The first-order valence-electron chi connectivity index (χ1n) is 6.45. The van der Waals surface area contributed by atoms with Crippen LogP contribution in [0.1, 0.15) is 23.0 Å². The molecule has 0 aliphatic heterocycles. The van der Waals surface area contributed by atoms with Gasteiger partial charge in [0.25, 0.3) is 0 Å². The second-order valence-electron chi connectivity index (χ2n) is 4.14. The molecule has 0 fully saturated rings. The minimum absolute atomic E-state index is 0.149. The fourth-order valence-corrected chi connectivity index (χ4v) is 2.24. The zero-order valence-corrected chi connectivity index (χ0v) is 12.5. The Morgan fingerprint density at radius 3 is 3.00 bits per heavy atom. The first-order chi connectivity index (χ1) is 10.6. The summed E-state index contributed by atoms with van der Waals surface area (Å²) < 4.78 is 17.8. The van der Waals surface area contributed by atoms with E-state index in [1.54, 1.807) is 19.1 Å². The number of nitrogens with one attached hydrogen (secondary N) is 1. The Hall–Kier alpha value is -2.54. The SMILES string of the molecule is CCOC(=O)c1csc(NC(=O)/C=C/c2cccc(F)c2)n1. The van der Waals surface area contributed by atoms with Gasteiger partial charge < -0.3 is 4.74 Å². The largest absolute Gasteiger partial charge is 0.461 e. The van der Waals surface area contributed by atoms with E-state index in [2.05, 4.69) is 10.3 Å². The molecular weight excluding hydrogens is 307 g/mol. The lowest BCUT2D eigenvalue weighted by Gasteiger charge is -1.97. The molecule has 0 atom stereocenters. The first kappa shape index (κ1) is 15.8. The molecule has 2 rings (SSSR count). The van der Waals surface area contributed by atoms with Crippen molar-refractivity contribution in [3.8, 4) is 0 Å². The third-order valence-corrected chi connectivity index (χ3v) is 3.25. The Bertz CT molecular complexity index is 712. The third kappa shape index (κ3) is 4.49. The lowest BCUT2D eigenvalue weighted by atomic mass is 10.2. The molecule has 114 valence electrons. The average molecular weight is 320 g/mol. The molecule has 0 saturated heterocycles. The van der Waals surface area contributed by atoms with E-state index in [4.69, 9.17) is 4.74 Å². The summed E-state index contributed by atoms with van der Waals surface area (Å²) in [4.78, 5) is 27.1. The predicted molar refractivity (Wildman–Crippen MR) is 82.1 cm³/mol. The van der Waals surface area contributed by atoms with Crippen LogP contribution in [-0.2, 0) is 9.53 Å². The van der Waals surface area contributed by atoms with Crippen LogP contribution in [0.3, 0.4) is 0 Å². The molecule has 1 aromatic carbocycles. The molecule has 7 heteroatoms. The minimum atomic E-state index is -0.533. The van der Waals surface area contributed by atoms with Crippen LogP contribution in [0.25, 0.3) is 6.08 Å². The number of hydrogen-bond donors (Lipinski definition) is 1. The number of benzene rings is 1. The van der Waals surface area contributed by atoms with Gasteiger partial charge in [0.15, 0.2) is 10.8 Å². The van der Waals surface area contributed by atoms with Gasteiger partial charge in [-0.1, -0.05) is 12.1 Å². The monoisotopic (exact) mass is 320 g/mol. The summed E-state index contributed by atoms with van der Waals surface area (Å²) in [5.74, 6) is -1.33. The Labute approximate surface area is 130 Å². The molecule has 5 nitrogen and oxygen atoms in total. The molecule has 0 unspecified atom stereocenters. The fraction of sp³-hybridized carbons (Fsp3) is 0.133. The van der Waals surface area contributed by atoms with Crippen molar-refractivity contribution in [1.82, 2.24) is 4.98 Å². The van der Waals surface area contributed by atoms with E-state index in [1.807, 2.05) is 0 Å². The smallest absolute Gasteiger partial charge is 0.357 e. The lowest BCUT2D eigenvalue weighted by molar-refractivity contribution is -0.111. The first-order valence-corrected chi connectivity index (χ1v) is 7.33. The fourth-order valence-electron chi connectivity index (χ4n) is 1.56. The summed E-state index contributed by atoms with van der Waals surface area (Å²) in [5.41, 5.74) is 0.720. The molecule has 2 aromatic rings. The summed E-state index contributed by atoms with van der Waals surface area (Å²) in [6.45, 7) is 1.96. The standard InChI is InChI=1S/C15H13FN2O3S/c1-2-21-14(20)12-9-22-15(17-12)18-13(19)7-6-10-4-3-5-11(16)8-10/h3-9H,2H2,1H3,(H,17,18,19)/b7-6+. The number of carbonyl (C=O) groups excluding carboxylic acids is 2. The summed E-state index contributed by atoms with van der Waals surface area (Å²) in [7, 11) is 0. The van der Waals surface area contributed by atoms with Crippen molar-refractivity contribution < 1.29 is 18.7 Å². The quantitative estimate of drug-likeness (QED) is 0.679. The van der Waals surface area contributed by atoms with Gasteiger partial charge >= 0.3 is 5.97 Å². The second kappa shape index (κ2) is 7.46. The number of carbonyl (C=O) groups is 2. The van der Waals surface area contributed by atoms with Crippen molar-refractivity contribution >= 4 is 34.4 Å². The molecule has 22 heavy (non-hydrogen) atoms. The molecule has 0 radical (unpaired) electrons. The van der Waals surface area contributed by atoms with Crippen molar-refractivity contribution in [2.45, 2.75) is 6.92 Å². The maximum atomic E-state index is 13.0. The molecule has 1 aromatic heterocycles. The van der Waals surface area contributed by atoms with Crippen LogP contribution in [-0.4, -0.2) is 23.5 Å². The summed E-state index contributed by atoms with van der Waals surface area (Å²) >= 11 is 1.12. The van der Waals surface area contributed by atoms with Gasteiger partial charge in [-0.2, -0.15) is 0 Å². The minimum Gasteiger partial charge on any atom is -0.461 e. The van der Waals surface area contributed by atoms with Gasteiger partial charge in [-0.25, -0.2) is 14.2 Å². The molecule has 1 amide bonds. The van der Waals surface area contributed by atoms with Crippen LogP contribution in [0.4, 0.5) is 9.52 Å². The number of amides is 1. The second-order valence-corrected chi connectivity index (χ2v) is 4.99. The molecule has 0 aliphatic rings. The van der Waals surface area contributed by atoms with Crippen LogP contribution in [0, 0.1) is 5.82 Å². The van der Waals surface area contributed by atoms with E-state index in [-0.39, 0.29) is 23.2 Å². The number of halogens is 1. The van der Waals surface area contributed by atoms with Gasteiger partial charge in [0.1, 0.15) is 5.82 Å². The number of aromatic nitrogens is 1. The van der Waals surface area contributed by atoms with Crippen LogP contribution in [0.5, 0.6) is 0 Å². The van der Waals surface area contributed by atoms with E-state index in [9.17, 15) is 14.0 Å². The number of esters is 1. The highest BCUT2D eigenvalue weighted by Gasteiger charge is 2.12. The van der Waals surface area contributed by atoms with Crippen molar-refractivity contribution in [3.63, 3.8) is 0 Å². The van der Waals surface area contributed by atoms with Gasteiger partial charge in [-0.15, -0.1) is 11.3 Å². The highest BCUT2D eigenvalue weighted by atomic mass is 32.1. The Balaban J connectivity index is 1.96. The predicted octanol–water partition coefficient (Wildman–Crippen LogP) is 3.11. The van der Waals surface area contributed by atoms with E-state index in [0.29, 0.717) is 5.56 Å². The molecule has 1 heterocycles. The van der Waals surface area contributed by atoms with Gasteiger partial charge in [0.2, 0.25) is 5.91 Å².